The molecule has 4 rings (SSSR count). The fourth-order valence-corrected chi connectivity index (χ4v) is 5.10. The minimum atomic E-state index is -4.87. The summed E-state index contributed by atoms with van der Waals surface area (Å²) in [7, 11) is 0. The fourth-order valence-electron chi connectivity index (χ4n) is 5.10. The summed E-state index contributed by atoms with van der Waals surface area (Å²) in [5, 5.41) is 0. The summed E-state index contributed by atoms with van der Waals surface area (Å²) in [4.78, 5) is 0. The largest absolute Gasteiger partial charge is 0.413 e. The lowest BCUT2D eigenvalue weighted by atomic mass is 9.78. The summed E-state index contributed by atoms with van der Waals surface area (Å²) in [6.07, 6.45) is -7.27. The van der Waals surface area contributed by atoms with Gasteiger partial charge in [-0.15, -0.1) is 0 Å². The van der Waals surface area contributed by atoms with Crippen LogP contribution in [0, 0.1) is 23.7 Å². The van der Waals surface area contributed by atoms with E-state index in [4.69, 9.17) is 0 Å². The van der Waals surface area contributed by atoms with E-state index in [9.17, 15) is 26.3 Å². The summed E-state index contributed by atoms with van der Waals surface area (Å²) in [6, 6.07) is 0. The molecular formula is C14H12F6. The number of hydrogen-bond donors (Lipinski definition) is 0. The molecule has 0 heterocycles. The first-order valence-electron chi connectivity index (χ1n) is 6.82. The average molecular weight is 294 g/mol. The zero-order valence-corrected chi connectivity index (χ0v) is 10.4. The third-order valence-electron chi connectivity index (χ3n) is 5.47. The Bertz CT molecular complexity index is 501. The van der Waals surface area contributed by atoms with Gasteiger partial charge in [0.15, 0.2) is 0 Å². The van der Waals surface area contributed by atoms with Crippen LogP contribution in [0.2, 0.25) is 0 Å². The highest BCUT2D eigenvalue weighted by Crippen LogP contribution is 2.68. The fraction of sp³-hybridized carbons (Fsp3) is 0.714. The predicted octanol–water partition coefficient (Wildman–Crippen LogP) is 4.78. The van der Waals surface area contributed by atoms with Crippen molar-refractivity contribution < 1.29 is 26.3 Å². The third kappa shape index (κ3) is 1.40. The highest BCUT2D eigenvalue weighted by molar-refractivity contribution is 5.54. The first kappa shape index (κ1) is 12.8. The molecule has 4 aliphatic carbocycles. The van der Waals surface area contributed by atoms with E-state index in [0.717, 1.165) is 30.4 Å². The van der Waals surface area contributed by atoms with Gasteiger partial charge < -0.3 is 0 Å². The van der Waals surface area contributed by atoms with E-state index in [2.05, 4.69) is 0 Å². The van der Waals surface area contributed by atoms with Crippen molar-refractivity contribution in [3.63, 3.8) is 0 Å². The minimum absolute atomic E-state index is 0.00134. The Hall–Kier alpha value is -0.940. The van der Waals surface area contributed by atoms with Crippen molar-refractivity contribution in [1.82, 2.24) is 0 Å². The molecule has 0 aliphatic heterocycles. The molecule has 4 aliphatic rings. The van der Waals surface area contributed by atoms with Crippen LogP contribution in [0.25, 0.3) is 0 Å². The van der Waals surface area contributed by atoms with Crippen molar-refractivity contribution in [1.29, 1.82) is 0 Å². The van der Waals surface area contributed by atoms with Crippen LogP contribution in [0.15, 0.2) is 22.3 Å². The van der Waals surface area contributed by atoms with Gasteiger partial charge in [0.2, 0.25) is 0 Å². The summed E-state index contributed by atoms with van der Waals surface area (Å²) < 4.78 is 78.7. The Morgan fingerprint density at radius 1 is 0.650 bits per heavy atom. The molecule has 4 atom stereocenters. The second kappa shape index (κ2) is 3.45. The second-order valence-corrected chi connectivity index (χ2v) is 6.28. The zero-order valence-electron chi connectivity index (χ0n) is 10.4. The molecule has 0 amide bonds. The molecule has 20 heavy (non-hydrogen) atoms. The molecule has 0 aromatic heterocycles. The first-order valence-corrected chi connectivity index (χ1v) is 6.82. The maximum absolute atomic E-state index is 13.1. The summed E-state index contributed by atoms with van der Waals surface area (Å²) in [5.41, 5.74) is -1.12. The average Bonchev–Trinajstić information content (AvgIpc) is 3.03. The highest BCUT2D eigenvalue weighted by atomic mass is 19.4. The van der Waals surface area contributed by atoms with Crippen LogP contribution in [0.5, 0.6) is 0 Å². The van der Waals surface area contributed by atoms with Gasteiger partial charge in [-0.2, -0.15) is 26.3 Å². The molecule has 110 valence electrons. The molecule has 4 bridgehead atoms. The molecule has 0 nitrogen and oxygen atoms in total. The Labute approximate surface area is 111 Å². The van der Waals surface area contributed by atoms with Gasteiger partial charge in [0.05, 0.1) is 0 Å². The summed E-state index contributed by atoms with van der Waals surface area (Å²) >= 11 is 0. The molecule has 4 unspecified atom stereocenters. The van der Waals surface area contributed by atoms with Gasteiger partial charge in [-0.25, -0.2) is 0 Å². The molecule has 0 N–H and O–H groups in total. The van der Waals surface area contributed by atoms with Crippen molar-refractivity contribution in [2.24, 2.45) is 23.7 Å². The highest BCUT2D eigenvalue weighted by Gasteiger charge is 2.63. The predicted molar refractivity (Wildman–Crippen MR) is 58.6 cm³/mol. The topological polar surface area (TPSA) is 0 Å². The van der Waals surface area contributed by atoms with Crippen molar-refractivity contribution in [3.05, 3.63) is 22.3 Å². The maximum atomic E-state index is 13.1. The standard InChI is InChI=1S/C14H12F6/c15-13(16,17)11-7-4-8(12(11)14(18,19)20)10-6-2-1-5(3-6)9(7)10/h5-8H,1-4H2. The van der Waals surface area contributed by atoms with E-state index in [1.807, 2.05) is 0 Å². The lowest BCUT2D eigenvalue weighted by Crippen LogP contribution is -2.29. The van der Waals surface area contributed by atoms with Crippen LogP contribution in [0.4, 0.5) is 26.3 Å². The van der Waals surface area contributed by atoms with E-state index in [1.165, 1.54) is 0 Å². The molecule has 0 saturated heterocycles. The normalized spacial score (nSPS) is 39.3. The van der Waals surface area contributed by atoms with Gasteiger partial charge >= 0.3 is 12.4 Å². The number of fused-ring (bicyclic) bond motifs is 8. The van der Waals surface area contributed by atoms with E-state index >= 15 is 0 Å². The number of rotatable bonds is 0. The summed E-state index contributed by atoms with van der Waals surface area (Å²) in [6.45, 7) is 0. The molecule has 0 spiro atoms. The quantitative estimate of drug-likeness (QED) is 0.342. The van der Waals surface area contributed by atoms with Crippen LogP contribution in [0.3, 0.4) is 0 Å². The lowest BCUT2D eigenvalue weighted by molar-refractivity contribution is -0.119. The van der Waals surface area contributed by atoms with E-state index in [1.54, 1.807) is 0 Å². The molecule has 0 aromatic carbocycles. The SMILES string of the molecule is FC(F)(F)C1=C(C(F)(F)F)C2CC1C1=C2C2CCC1C2. The Balaban J connectivity index is 1.87. The maximum Gasteiger partial charge on any atom is 0.413 e. The molecule has 0 radical (unpaired) electrons. The van der Waals surface area contributed by atoms with Crippen molar-refractivity contribution in [2.75, 3.05) is 0 Å². The number of allylic oxidation sites excluding steroid dienone is 4. The minimum Gasteiger partial charge on any atom is -0.166 e. The molecule has 0 aromatic rings. The van der Waals surface area contributed by atoms with E-state index in [-0.39, 0.29) is 18.3 Å². The van der Waals surface area contributed by atoms with Gasteiger partial charge in [-0.1, -0.05) is 11.1 Å². The van der Waals surface area contributed by atoms with E-state index in [0.29, 0.717) is 0 Å². The Morgan fingerprint density at radius 3 is 1.40 bits per heavy atom. The van der Waals surface area contributed by atoms with Gasteiger partial charge in [-0.3, -0.25) is 0 Å². The van der Waals surface area contributed by atoms with Gasteiger partial charge in [-0.05, 0) is 37.5 Å². The zero-order chi connectivity index (χ0) is 14.4. The van der Waals surface area contributed by atoms with Gasteiger partial charge in [0.25, 0.3) is 0 Å². The van der Waals surface area contributed by atoms with Crippen molar-refractivity contribution in [2.45, 2.75) is 38.0 Å². The summed E-state index contributed by atoms with van der Waals surface area (Å²) in [5.74, 6) is -1.81. The number of alkyl halides is 6. The Kier molecular flexibility index (Phi) is 2.20. The van der Waals surface area contributed by atoms with Crippen LogP contribution in [-0.2, 0) is 0 Å². The number of hydrogen-bond acceptors (Lipinski definition) is 0. The molecular weight excluding hydrogens is 282 g/mol. The monoisotopic (exact) mass is 294 g/mol. The van der Waals surface area contributed by atoms with Crippen LogP contribution < -0.4 is 0 Å². The van der Waals surface area contributed by atoms with Crippen LogP contribution in [-0.4, -0.2) is 12.4 Å². The van der Waals surface area contributed by atoms with Crippen molar-refractivity contribution >= 4 is 0 Å². The van der Waals surface area contributed by atoms with Crippen molar-refractivity contribution in [3.8, 4) is 0 Å². The third-order valence-corrected chi connectivity index (χ3v) is 5.47. The number of halogens is 6. The Morgan fingerprint density at radius 2 is 1.05 bits per heavy atom. The van der Waals surface area contributed by atoms with Gasteiger partial charge in [0.1, 0.15) is 0 Å². The molecule has 1 fully saturated rings. The smallest absolute Gasteiger partial charge is 0.166 e. The lowest BCUT2D eigenvalue weighted by Gasteiger charge is -2.30. The second-order valence-electron chi connectivity index (χ2n) is 6.28. The molecule has 6 heteroatoms. The molecule has 1 saturated carbocycles. The first-order chi connectivity index (χ1) is 9.19. The van der Waals surface area contributed by atoms with E-state index < -0.39 is 35.3 Å². The van der Waals surface area contributed by atoms with Crippen LogP contribution >= 0.6 is 0 Å². The van der Waals surface area contributed by atoms with Gasteiger partial charge in [0, 0.05) is 23.0 Å². The van der Waals surface area contributed by atoms with Crippen LogP contribution in [0.1, 0.15) is 25.7 Å².